The topological polar surface area (TPSA) is 33.3 Å². The minimum atomic E-state index is 0.161. The summed E-state index contributed by atoms with van der Waals surface area (Å²) in [7, 11) is 0. The molecule has 0 unspecified atom stereocenters. The third-order valence-electron chi connectivity index (χ3n) is 5.94. The van der Waals surface area contributed by atoms with Gasteiger partial charge < -0.3 is 15.4 Å². The average molecular weight is 331 g/mol. The first kappa shape index (κ1) is 17.9. The van der Waals surface area contributed by atoms with Crippen LogP contribution in [0.4, 0.5) is 0 Å². The molecule has 0 spiro atoms. The highest BCUT2D eigenvalue weighted by atomic mass is 16.5. The molecule has 0 bridgehead atoms. The van der Waals surface area contributed by atoms with Gasteiger partial charge in [-0.2, -0.15) is 0 Å². The minimum Gasteiger partial charge on any atom is -0.381 e. The Morgan fingerprint density at radius 2 is 1.92 bits per heavy atom. The van der Waals surface area contributed by atoms with Gasteiger partial charge in [-0.05, 0) is 44.1 Å². The van der Waals surface area contributed by atoms with Gasteiger partial charge in [0.15, 0.2) is 0 Å². The second-order valence-electron chi connectivity index (χ2n) is 8.02. The molecule has 24 heavy (non-hydrogen) atoms. The quantitative estimate of drug-likeness (QED) is 0.825. The molecule has 0 amide bonds. The van der Waals surface area contributed by atoms with E-state index in [9.17, 15) is 0 Å². The summed E-state index contributed by atoms with van der Waals surface area (Å²) < 4.78 is 5.65. The van der Waals surface area contributed by atoms with Gasteiger partial charge in [-0.15, -0.1) is 0 Å². The minimum absolute atomic E-state index is 0.161. The summed E-state index contributed by atoms with van der Waals surface area (Å²) in [5.41, 5.74) is 1.53. The fourth-order valence-electron chi connectivity index (χ4n) is 4.38. The number of nitrogens with one attached hydrogen (secondary N) is 2. The number of hydrogen-bond donors (Lipinski definition) is 2. The van der Waals surface area contributed by atoms with Crippen LogP contribution in [-0.2, 0) is 4.74 Å². The first-order valence-corrected chi connectivity index (χ1v) is 9.81. The van der Waals surface area contributed by atoms with Gasteiger partial charge in [-0.3, -0.25) is 0 Å². The SMILES string of the molecule is C[C@@H]1CCC[C@H](NCC2(N[C@@H](C)c3ccccc3)CCOCC2)C1. The Morgan fingerprint density at radius 3 is 2.62 bits per heavy atom. The normalized spacial score (nSPS) is 28.4. The second-order valence-corrected chi connectivity index (χ2v) is 8.02. The van der Waals surface area contributed by atoms with E-state index in [1.54, 1.807) is 0 Å². The first-order valence-electron chi connectivity index (χ1n) is 9.81. The zero-order valence-corrected chi connectivity index (χ0v) is 15.4. The van der Waals surface area contributed by atoms with Gasteiger partial charge in [0.1, 0.15) is 0 Å². The molecule has 1 aromatic rings. The van der Waals surface area contributed by atoms with Crippen molar-refractivity contribution in [2.24, 2.45) is 5.92 Å². The molecule has 2 aliphatic rings. The molecule has 2 fully saturated rings. The summed E-state index contributed by atoms with van der Waals surface area (Å²) >= 11 is 0. The molecule has 1 aliphatic carbocycles. The zero-order chi connectivity index (χ0) is 16.8. The highest BCUT2D eigenvalue weighted by Crippen LogP contribution is 2.27. The lowest BCUT2D eigenvalue weighted by molar-refractivity contribution is 0.0318. The van der Waals surface area contributed by atoms with Gasteiger partial charge in [-0.1, -0.05) is 50.1 Å². The Bertz CT molecular complexity index is 484. The number of rotatable bonds is 6. The van der Waals surface area contributed by atoms with Crippen LogP contribution < -0.4 is 10.6 Å². The van der Waals surface area contributed by atoms with Gasteiger partial charge >= 0.3 is 0 Å². The van der Waals surface area contributed by atoms with Crippen LogP contribution in [0.5, 0.6) is 0 Å². The van der Waals surface area contributed by atoms with Crippen LogP contribution in [0, 0.1) is 5.92 Å². The predicted octanol–water partition coefficient (Wildman–Crippen LogP) is 4.05. The van der Waals surface area contributed by atoms with E-state index in [4.69, 9.17) is 4.74 Å². The van der Waals surface area contributed by atoms with E-state index in [-0.39, 0.29) is 5.54 Å². The van der Waals surface area contributed by atoms with Crippen LogP contribution in [0.25, 0.3) is 0 Å². The lowest BCUT2D eigenvalue weighted by Crippen LogP contribution is -2.57. The van der Waals surface area contributed by atoms with Gasteiger partial charge in [0.2, 0.25) is 0 Å². The van der Waals surface area contributed by atoms with E-state index in [0.717, 1.165) is 38.5 Å². The van der Waals surface area contributed by atoms with Gasteiger partial charge in [-0.25, -0.2) is 0 Å². The van der Waals surface area contributed by atoms with Crippen molar-refractivity contribution in [1.29, 1.82) is 0 Å². The smallest absolute Gasteiger partial charge is 0.0484 e. The molecule has 3 nitrogen and oxygen atoms in total. The molecule has 2 N–H and O–H groups in total. The molecular weight excluding hydrogens is 296 g/mol. The van der Waals surface area contributed by atoms with Gasteiger partial charge in [0, 0.05) is 37.4 Å². The summed E-state index contributed by atoms with van der Waals surface area (Å²) in [5, 5.41) is 7.86. The van der Waals surface area contributed by atoms with Crippen LogP contribution in [0.3, 0.4) is 0 Å². The van der Waals surface area contributed by atoms with Gasteiger partial charge in [0.05, 0.1) is 0 Å². The maximum atomic E-state index is 5.65. The molecule has 3 atom stereocenters. The Hall–Kier alpha value is -0.900. The van der Waals surface area contributed by atoms with E-state index in [1.807, 2.05) is 0 Å². The van der Waals surface area contributed by atoms with E-state index in [1.165, 1.54) is 31.2 Å². The third kappa shape index (κ3) is 4.81. The Balaban J connectivity index is 1.61. The molecule has 1 saturated heterocycles. The summed E-state index contributed by atoms with van der Waals surface area (Å²) in [6, 6.07) is 11.9. The molecule has 1 aromatic carbocycles. The molecule has 134 valence electrons. The van der Waals surface area contributed by atoms with E-state index < -0.39 is 0 Å². The number of hydrogen-bond acceptors (Lipinski definition) is 3. The van der Waals surface area contributed by atoms with Crippen molar-refractivity contribution in [3.8, 4) is 0 Å². The standard InChI is InChI=1S/C21H34N2O/c1-17-7-6-10-20(15-17)22-16-21(11-13-24-14-12-21)23-18(2)19-8-4-3-5-9-19/h3-5,8-9,17-18,20,22-23H,6-7,10-16H2,1-2H3/t17-,18+,20+/m1/s1. The molecule has 1 saturated carbocycles. The molecule has 3 heteroatoms. The van der Waals surface area contributed by atoms with Crippen LogP contribution in [0.2, 0.25) is 0 Å². The van der Waals surface area contributed by atoms with E-state index >= 15 is 0 Å². The van der Waals surface area contributed by atoms with E-state index in [0.29, 0.717) is 12.1 Å². The maximum absolute atomic E-state index is 5.65. The molecule has 0 radical (unpaired) electrons. The van der Waals surface area contributed by atoms with Gasteiger partial charge in [0.25, 0.3) is 0 Å². The van der Waals surface area contributed by atoms with Crippen molar-refractivity contribution in [2.45, 2.75) is 70.0 Å². The van der Waals surface area contributed by atoms with Crippen molar-refractivity contribution >= 4 is 0 Å². The predicted molar refractivity (Wildman–Crippen MR) is 100 cm³/mol. The van der Waals surface area contributed by atoms with Crippen molar-refractivity contribution < 1.29 is 4.74 Å². The second kappa shape index (κ2) is 8.46. The van der Waals surface area contributed by atoms with Crippen LogP contribution in [0.1, 0.15) is 64.0 Å². The van der Waals surface area contributed by atoms with Crippen LogP contribution in [0.15, 0.2) is 30.3 Å². The number of ether oxygens (including phenoxy) is 1. The fourth-order valence-corrected chi connectivity index (χ4v) is 4.38. The molecular formula is C21H34N2O. The van der Waals surface area contributed by atoms with Crippen molar-refractivity contribution in [3.05, 3.63) is 35.9 Å². The summed E-state index contributed by atoms with van der Waals surface area (Å²) in [6.07, 6.45) is 7.65. The highest BCUT2D eigenvalue weighted by Gasteiger charge is 2.34. The molecule has 3 rings (SSSR count). The Labute approximate surface area is 147 Å². The van der Waals surface area contributed by atoms with Crippen molar-refractivity contribution in [2.75, 3.05) is 19.8 Å². The van der Waals surface area contributed by atoms with Crippen LogP contribution in [-0.4, -0.2) is 31.3 Å². The van der Waals surface area contributed by atoms with E-state index in [2.05, 4.69) is 54.8 Å². The highest BCUT2D eigenvalue weighted by molar-refractivity contribution is 5.19. The average Bonchev–Trinajstić information content (AvgIpc) is 2.62. The number of benzene rings is 1. The largest absolute Gasteiger partial charge is 0.381 e. The van der Waals surface area contributed by atoms with Crippen molar-refractivity contribution in [3.63, 3.8) is 0 Å². The lowest BCUT2D eigenvalue weighted by atomic mass is 9.84. The summed E-state index contributed by atoms with van der Waals surface area (Å²) in [5.74, 6) is 0.873. The zero-order valence-electron chi connectivity index (χ0n) is 15.4. The molecule has 0 aromatic heterocycles. The maximum Gasteiger partial charge on any atom is 0.0484 e. The monoisotopic (exact) mass is 330 g/mol. The Kier molecular flexibility index (Phi) is 6.31. The van der Waals surface area contributed by atoms with Crippen molar-refractivity contribution in [1.82, 2.24) is 10.6 Å². The van der Waals surface area contributed by atoms with Crippen LogP contribution >= 0.6 is 0 Å². The molecule has 1 aliphatic heterocycles. The molecule has 1 heterocycles. The third-order valence-corrected chi connectivity index (χ3v) is 5.94. The fraction of sp³-hybridized carbons (Fsp3) is 0.714. The summed E-state index contributed by atoms with van der Waals surface area (Å²) in [4.78, 5) is 0. The first-order chi connectivity index (χ1) is 11.7. The Morgan fingerprint density at radius 1 is 1.17 bits per heavy atom. The summed E-state index contributed by atoms with van der Waals surface area (Å²) in [6.45, 7) is 7.49. The lowest BCUT2D eigenvalue weighted by Gasteiger charge is -2.42.